The summed E-state index contributed by atoms with van der Waals surface area (Å²) in [6.45, 7) is 1.03. The molecule has 156 valence electrons. The molecule has 0 spiro atoms. The molecule has 3 rings (SSSR count). The van der Waals surface area contributed by atoms with E-state index in [0.717, 1.165) is 9.87 Å². The minimum Gasteiger partial charge on any atom is -0.495 e. The molecule has 2 aromatic rings. The third-order valence-corrected chi connectivity index (χ3v) is 6.28. The molecule has 0 unspecified atom stereocenters. The molecule has 0 fully saturated rings. The van der Waals surface area contributed by atoms with Crippen molar-refractivity contribution in [3.05, 3.63) is 42.0 Å². The Hall–Kier alpha value is -2.78. The van der Waals surface area contributed by atoms with Gasteiger partial charge in [-0.15, -0.1) is 0 Å². The normalized spacial score (nSPS) is 13.2. The molecule has 2 aromatic carbocycles. The van der Waals surface area contributed by atoms with Crippen LogP contribution in [-0.2, 0) is 21.2 Å². The van der Waals surface area contributed by atoms with Crippen molar-refractivity contribution in [2.24, 2.45) is 0 Å². The first-order chi connectivity index (χ1) is 13.8. The van der Waals surface area contributed by atoms with Gasteiger partial charge < -0.3 is 19.5 Å². The van der Waals surface area contributed by atoms with Crippen LogP contribution < -0.4 is 19.5 Å². The summed E-state index contributed by atoms with van der Waals surface area (Å²) in [6, 6.07) is 9.96. The summed E-state index contributed by atoms with van der Waals surface area (Å²) < 4.78 is 42.1. The quantitative estimate of drug-likeness (QED) is 0.739. The molecule has 1 N–H and O–H groups in total. The van der Waals surface area contributed by atoms with Gasteiger partial charge in [-0.3, -0.25) is 4.79 Å². The molecular weight excluding hydrogens is 396 g/mol. The SMILES string of the molecule is COc1ccc(S(=O)(=O)N(C)C)cc1NC(=O)CCc1ccc2c(c1)OCCO2. The van der Waals surface area contributed by atoms with Crippen molar-refractivity contribution in [3.63, 3.8) is 0 Å². The smallest absolute Gasteiger partial charge is 0.242 e. The van der Waals surface area contributed by atoms with Gasteiger partial charge in [-0.1, -0.05) is 6.07 Å². The summed E-state index contributed by atoms with van der Waals surface area (Å²) in [5, 5.41) is 2.74. The number of nitrogens with zero attached hydrogens (tertiary/aromatic N) is 1. The number of nitrogens with one attached hydrogen (secondary N) is 1. The van der Waals surface area contributed by atoms with Crippen molar-refractivity contribution >= 4 is 21.6 Å². The monoisotopic (exact) mass is 420 g/mol. The van der Waals surface area contributed by atoms with Crippen LogP contribution in [0, 0.1) is 0 Å². The zero-order valence-corrected chi connectivity index (χ0v) is 17.4. The van der Waals surface area contributed by atoms with Gasteiger partial charge in [0.25, 0.3) is 0 Å². The number of ether oxygens (including phenoxy) is 3. The number of aryl methyl sites for hydroxylation is 1. The highest BCUT2D eigenvalue weighted by molar-refractivity contribution is 7.89. The number of amides is 1. The molecule has 0 saturated carbocycles. The highest BCUT2D eigenvalue weighted by Crippen LogP contribution is 2.31. The van der Waals surface area contributed by atoms with Gasteiger partial charge in [0, 0.05) is 20.5 Å². The Morgan fingerprint density at radius 3 is 2.52 bits per heavy atom. The predicted molar refractivity (Wildman–Crippen MR) is 108 cm³/mol. The van der Waals surface area contributed by atoms with Gasteiger partial charge in [0.1, 0.15) is 19.0 Å². The Morgan fingerprint density at radius 1 is 1.10 bits per heavy atom. The van der Waals surface area contributed by atoms with Crippen molar-refractivity contribution in [3.8, 4) is 17.2 Å². The minimum absolute atomic E-state index is 0.0745. The zero-order valence-electron chi connectivity index (χ0n) is 16.6. The van der Waals surface area contributed by atoms with Crippen LogP contribution in [0.3, 0.4) is 0 Å². The summed E-state index contributed by atoms with van der Waals surface area (Å²) in [7, 11) is 0.734. The standard InChI is InChI=1S/C20H24N2O6S/c1-22(2)29(24,25)15-6-8-17(26-3)16(13-15)21-20(23)9-5-14-4-7-18-19(12-14)28-11-10-27-18/h4,6-8,12-13H,5,9-11H2,1-3H3,(H,21,23). The van der Waals surface area contributed by atoms with Crippen LogP contribution >= 0.6 is 0 Å². The number of benzene rings is 2. The largest absolute Gasteiger partial charge is 0.495 e. The van der Waals surface area contributed by atoms with Crippen molar-refractivity contribution in [2.75, 3.05) is 39.7 Å². The molecule has 1 heterocycles. The fraction of sp³-hybridized carbons (Fsp3) is 0.350. The van der Waals surface area contributed by atoms with Crippen LogP contribution in [0.5, 0.6) is 17.2 Å². The zero-order chi connectivity index (χ0) is 21.0. The number of sulfonamides is 1. The van der Waals surface area contributed by atoms with Gasteiger partial charge >= 0.3 is 0 Å². The lowest BCUT2D eigenvalue weighted by Gasteiger charge is -2.19. The Kier molecular flexibility index (Phi) is 6.29. The van der Waals surface area contributed by atoms with Gasteiger partial charge in [0.2, 0.25) is 15.9 Å². The van der Waals surface area contributed by atoms with Crippen LogP contribution in [0.4, 0.5) is 5.69 Å². The molecule has 0 saturated heterocycles. The van der Waals surface area contributed by atoms with E-state index in [4.69, 9.17) is 14.2 Å². The van der Waals surface area contributed by atoms with Gasteiger partial charge in [-0.2, -0.15) is 0 Å². The number of hydrogen-bond acceptors (Lipinski definition) is 6. The van der Waals surface area contributed by atoms with E-state index >= 15 is 0 Å². The molecule has 1 aliphatic heterocycles. The van der Waals surface area contributed by atoms with Gasteiger partial charge in [-0.25, -0.2) is 12.7 Å². The fourth-order valence-corrected chi connectivity index (χ4v) is 3.80. The molecule has 1 aliphatic rings. The van der Waals surface area contributed by atoms with E-state index in [-0.39, 0.29) is 17.2 Å². The molecule has 29 heavy (non-hydrogen) atoms. The highest BCUT2D eigenvalue weighted by Gasteiger charge is 2.20. The topological polar surface area (TPSA) is 94.2 Å². The molecule has 0 aromatic heterocycles. The highest BCUT2D eigenvalue weighted by atomic mass is 32.2. The lowest BCUT2D eigenvalue weighted by Crippen LogP contribution is -2.22. The summed E-state index contributed by atoms with van der Waals surface area (Å²) in [5.41, 5.74) is 1.25. The van der Waals surface area contributed by atoms with Crippen LogP contribution in [0.25, 0.3) is 0 Å². The Balaban J connectivity index is 1.70. The maximum Gasteiger partial charge on any atom is 0.242 e. The number of carbonyl (C=O) groups excluding carboxylic acids is 1. The maximum absolute atomic E-state index is 12.5. The fourth-order valence-electron chi connectivity index (χ4n) is 2.87. The first-order valence-electron chi connectivity index (χ1n) is 9.10. The summed E-state index contributed by atoms with van der Waals surface area (Å²) in [4.78, 5) is 12.5. The van der Waals surface area contributed by atoms with E-state index in [0.29, 0.717) is 42.6 Å². The molecule has 0 aliphatic carbocycles. The third-order valence-electron chi connectivity index (χ3n) is 4.47. The second kappa shape index (κ2) is 8.71. The van der Waals surface area contributed by atoms with Crippen LogP contribution in [-0.4, -0.2) is 53.0 Å². The molecule has 9 heteroatoms. The first kappa shape index (κ1) is 20.9. The third kappa shape index (κ3) is 4.80. The number of methoxy groups -OCH3 is 1. The Bertz CT molecular complexity index is 1000. The number of carbonyl (C=O) groups is 1. The molecule has 0 bridgehead atoms. The summed E-state index contributed by atoms with van der Waals surface area (Å²) in [5.74, 6) is 1.51. The molecule has 1 amide bonds. The van der Waals surface area contributed by atoms with E-state index in [1.54, 1.807) is 0 Å². The van der Waals surface area contributed by atoms with Crippen LogP contribution in [0.2, 0.25) is 0 Å². The van der Waals surface area contributed by atoms with E-state index < -0.39 is 10.0 Å². The van der Waals surface area contributed by atoms with Crippen molar-refractivity contribution in [1.82, 2.24) is 4.31 Å². The average Bonchev–Trinajstić information content (AvgIpc) is 2.72. The second-order valence-corrected chi connectivity index (χ2v) is 8.83. The first-order valence-corrected chi connectivity index (χ1v) is 10.5. The van der Waals surface area contributed by atoms with E-state index in [2.05, 4.69) is 5.32 Å². The van der Waals surface area contributed by atoms with Crippen LogP contribution in [0.15, 0.2) is 41.3 Å². The number of fused-ring (bicyclic) bond motifs is 1. The number of hydrogen-bond donors (Lipinski definition) is 1. The maximum atomic E-state index is 12.5. The van der Waals surface area contributed by atoms with Gasteiger partial charge in [-0.05, 0) is 42.3 Å². The molecule has 0 radical (unpaired) electrons. The van der Waals surface area contributed by atoms with Crippen LogP contribution in [0.1, 0.15) is 12.0 Å². The lowest BCUT2D eigenvalue weighted by atomic mass is 10.1. The Labute approximate surface area is 170 Å². The van der Waals surface area contributed by atoms with Gasteiger partial charge in [0.05, 0.1) is 17.7 Å². The lowest BCUT2D eigenvalue weighted by molar-refractivity contribution is -0.116. The second-order valence-electron chi connectivity index (χ2n) is 6.68. The molecule has 8 nitrogen and oxygen atoms in total. The van der Waals surface area contributed by atoms with E-state index in [9.17, 15) is 13.2 Å². The molecular formula is C20H24N2O6S. The van der Waals surface area contributed by atoms with Crippen molar-refractivity contribution in [2.45, 2.75) is 17.7 Å². The minimum atomic E-state index is -3.62. The van der Waals surface area contributed by atoms with Crippen molar-refractivity contribution < 1.29 is 27.4 Å². The Morgan fingerprint density at radius 2 is 1.83 bits per heavy atom. The molecule has 0 atom stereocenters. The van der Waals surface area contributed by atoms with Gasteiger partial charge in [0.15, 0.2) is 11.5 Å². The van der Waals surface area contributed by atoms with Crippen molar-refractivity contribution in [1.29, 1.82) is 0 Å². The predicted octanol–water partition coefficient (Wildman–Crippen LogP) is 2.29. The summed E-state index contributed by atoms with van der Waals surface area (Å²) in [6.07, 6.45) is 0.716. The van der Waals surface area contributed by atoms with E-state index in [1.807, 2.05) is 18.2 Å². The van der Waals surface area contributed by atoms with E-state index in [1.165, 1.54) is 39.4 Å². The average molecular weight is 420 g/mol. The summed E-state index contributed by atoms with van der Waals surface area (Å²) >= 11 is 0. The number of anilines is 1. The number of rotatable bonds is 7.